The molecule has 1 N–H and O–H groups in total. The molecule has 0 atom stereocenters. The van der Waals surface area contributed by atoms with Crippen molar-refractivity contribution in [1.82, 2.24) is 10.2 Å². The number of thioether (sulfide) groups is 1. The highest BCUT2D eigenvalue weighted by atomic mass is 35.5. The Labute approximate surface area is 166 Å². The summed E-state index contributed by atoms with van der Waals surface area (Å²) in [5.74, 6) is 1.75. The Morgan fingerprint density at radius 2 is 1.89 bits per heavy atom. The first-order chi connectivity index (χ1) is 13.1. The number of rotatable bonds is 8. The van der Waals surface area contributed by atoms with Crippen molar-refractivity contribution in [1.29, 1.82) is 0 Å². The number of carbonyl (C=O) groups excluding carboxylic acids is 1. The minimum absolute atomic E-state index is 0.0937. The van der Waals surface area contributed by atoms with Crippen molar-refractivity contribution in [3.05, 3.63) is 53.6 Å². The topological polar surface area (TPSA) is 77.3 Å². The number of hydrogen-bond acceptors (Lipinski definition) is 6. The molecule has 0 aliphatic heterocycles. The Morgan fingerprint density at radius 1 is 1.15 bits per heavy atom. The molecule has 2 aromatic carbocycles. The van der Waals surface area contributed by atoms with E-state index in [-0.39, 0.29) is 11.9 Å². The summed E-state index contributed by atoms with van der Waals surface area (Å²) in [5.41, 5.74) is 0.753. The first-order valence-electron chi connectivity index (χ1n) is 8.30. The third-order valence-electron chi connectivity index (χ3n) is 3.64. The van der Waals surface area contributed by atoms with Crippen LogP contribution in [0.5, 0.6) is 5.75 Å². The Bertz CT molecular complexity index is 882. The maximum atomic E-state index is 12.0. The van der Waals surface area contributed by atoms with Gasteiger partial charge in [-0.2, -0.15) is 0 Å². The SMILES string of the molecule is COc1ccc(-c2nnc(NC(=O)CCCSc3ccc(Cl)cc3)o2)cc1. The zero-order valence-corrected chi connectivity index (χ0v) is 16.2. The summed E-state index contributed by atoms with van der Waals surface area (Å²) in [6.45, 7) is 0. The number of carbonyl (C=O) groups is 1. The van der Waals surface area contributed by atoms with Crippen LogP contribution < -0.4 is 10.1 Å². The smallest absolute Gasteiger partial charge is 0.322 e. The quantitative estimate of drug-likeness (QED) is 0.425. The standard InChI is InChI=1S/C19H18ClN3O3S/c1-25-15-8-4-13(5-9-15)18-22-23-19(26-18)21-17(24)3-2-12-27-16-10-6-14(20)7-11-16/h4-11H,2-3,12H2,1H3,(H,21,23,24). The molecule has 0 saturated heterocycles. The van der Waals surface area contributed by atoms with Gasteiger partial charge in [0.05, 0.1) is 7.11 Å². The average molecular weight is 404 g/mol. The second kappa shape index (κ2) is 9.43. The number of ether oxygens (including phenoxy) is 1. The molecule has 0 fully saturated rings. The highest BCUT2D eigenvalue weighted by Gasteiger charge is 2.11. The summed E-state index contributed by atoms with van der Waals surface area (Å²) >= 11 is 7.54. The second-order valence-corrected chi connectivity index (χ2v) is 7.20. The zero-order chi connectivity index (χ0) is 19.1. The van der Waals surface area contributed by atoms with Crippen LogP contribution in [0.4, 0.5) is 6.01 Å². The van der Waals surface area contributed by atoms with Crippen molar-refractivity contribution < 1.29 is 13.9 Å². The van der Waals surface area contributed by atoms with Crippen LogP contribution in [0, 0.1) is 0 Å². The molecule has 0 radical (unpaired) electrons. The highest BCUT2D eigenvalue weighted by Crippen LogP contribution is 2.23. The minimum atomic E-state index is -0.156. The van der Waals surface area contributed by atoms with Crippen LogP contribution in [0.15, 0.2) is 57.8 Å². The van der Waals surface area contributed by atoms with E-state index in [9.17, 15) is 4.79 Å². The van der Waals surface area contributed by atoms with Crippen molar-refractivity contribution in [2.75, 3.05) is 18.2 Å². The first kappa shape index (κ1) is 19.3. The summed E-state index contributed by atoms with van der Waals surface area (Å²) in [6.07, 6.45) is 1.11. The van der Waals surface area contributed by atoms with E-state index in [2.05, 4.69) is 15.5 Å². The number of benzene rings is 2. The van der Waals surface area contributed by atoms with Gasteiger partial charge in [0.1, 0.15) is 5.75 Å². The fourth-order valence-corrected chi connectivity index (χ4v) is 3.24. The van der Waals surface area contributed by atoms with Gasteiger partial charge in [-0.3, -0.25) is 10.1 Å². The third kappa shape index (κ3) is 5.74. The molecule has 0 spiro atoms. The summed E-state index contributed by atoms with van der Waals surface area (Å²) in [5, 5.41) is 11.2. The van der Waals surface area contributed by atoms with Gasteiger partial charge in [-0.1, -0.05) is 16.7 Å². The van der Waals surface area contributed by atoms with E-state index in [0.29, 0.717) is 17.3 Å². The molecule has 0 aliphatic rings. The van der Waals surface area contributed by atoms with E-state index in [1.165, 1.54) is 0 Å². The molecule has 8 heteroatoms. The molecule has 27 heavy (non-hydrogen) atoms. The third-order valence-corrected chi connectivity index (χ3v) is 4.99. The van der Waals surface area contributed by atoms with Gasteiger partial charge in [0.2, 0.25) is 11.8 Å². The number of anilines is 1. The van der Waals surface area contributed by atoms with Gasteiger partial charge in [-0.25, -0.2) is 0 Å². The number of nitrogens with zero attached hydrogens (tertiary/aromatic N) is 2. The summed E-state index contributed by atoms with van der Waals surface area (Å²) in [7, 11) is 1.60. The Morgan fingerprint density at radius 3 is 2.59 bits per heavy atom. The molecule has 0 unspecified atom stereocenters. The number of halogens is 1. The van der Waals surface area contributed by atoms with E-state index >= 15 is 0 Å². The van der Waals surface area contributed by atoms with E-state index in [1.54, 1.807) is 31.0 Å². The lowest BCUT2D eigenvalue weighted by Crippen LogP contribution is -2.11. The van der Waals surface area contributed by atoms with Crippen LogP contribution in [0.1, 0.15) is 12.8 Å². The molecular weight excluding hydrogens is 386 g/mol. The Hall–Kier alpha value is -2.51. The van der Waals surface area contributed by atoms with Crippen molar-refractivity contribution in [3.63, 3.8) is 0 Å². The predicted octanol–water partition coefficient (Wildman–Crippen LogP) is 4.91. The lowest BCUT2D eigenvalue weighted by molar-refractivity contribution is -0.116. The lowest BCUT2D eigenvalue weighted by atomic mass is 10.2. The van der Waals surface area contributed by atoms with Gasteiger partial charge < -0.3 is 9.15 Å². The second-order valence-electron chi connectivity index (χ2n) is 5.59. The van der Waals surface area contributed by atoms with Gasteiger partial charge in [0.25, 0.3) is 0 Å². The van der Waals surface area contributed by atoms with E-state index in [1.807, 2.05) is 36.4 Å². The molecule has 1 amide bonds. The molecule has 140 valence electrons. The molecule has 3 aromatic rings. The van der Waals surface area contributed by atoms with Crippen LogP contribution in [0.25, 0.3) is 11.5 Å². The van der Waals surface area contributed by atoms with Crippen LogP contribution in [0.2, 0.25) is 5.02 Å². The summed E-state index contributed by atoms with van der Waals surface area (Å²) < 4.78 is 10.6. The van der Waals surface area contributed by atoms with Gasteiger partial charge >= 0.3 is 6.01 Å². The number of nitrogens with one attached hydrogen (secondary N) is 1. The van der Waals surface area contributed by atoms with Crippen LogP contribution in [-0.4, -0.2) is 29.0 Å². The number of hydrogen-bond donors (Lipinski definition) is 1. The van der Waals surface area contributed by atoms with E-state index in [4.69, 9.17) is 20.8 Å². The maximum absolute atomic E-state index is 12.0. The number of methoxy groups -OCH3 is 1. The molecule has 0 saturated carbocycles. The largest absolute Gasteiger partial charge is 0.497 e. The maximum Gasteiger partial charge on any atom is 0.322 e. The van der Waals surface area contributed by atoms with Crippen LogP contribution in [0.3, 0.4) is 0 Å². The molecule has 3 rings (SSSR count). The fourth-order valence-electron chi connectivity index (χ4n) is 2.26. The molecule has 1 aromatic heterocycles. The Balaban J connectivity index is 1.44. The predicted molar refractivity (Wildman–Crippen MR) is 106 cm³/mol. The van der Waals surface area contributed by atoms with Gasteiger partial charge in [-0.05, 0) is 60.7 Å². The molecule has 6 nitrogen and oxygen atoms in total. The molecule has 0 aliphatic carbocycles. The normalized spacial score (nSPS) is 10.6. The zero-order valence-electron chi connectivity index (χ0n) is 14.6. The summed E-state index contributed by atoms with van der Waals surface area (Å²) in [4.78, 5) is 13.1. The van der Waals surface area contributed by atoms with Crippen LogP contribution >= 0.6 is 23.4 Å². The van der Waals surface area contributed by atoms with Gasteiger partial charge in [0, 0.05) is 21.9 Å². The molecule has 1 heterocycles. The Kier molecular flexibility index (Phi) is 6.73. The number of aromatic nitrogens is 2. The fraction of sp³-hybridized carbons (Fsp3) is 0.211. The molecule has 0 bridgehead atoms. The average Bonchev–Trinajstić information content (AvgIpc) is 3.15. The molecular formula is C19H18ClN3O3S. The van der Waals surface area contributed by atoms with Crippen molar-refractivity contribution in [2.24, 2.45) is 0 Å². The van der Waals surface area contributed by atoms with Crippen molar-refractivity contribution in [2.45, 2.75) is 17.7 Å². The highest BCUT2D eigenvalue weighted by molar-refractivity contribution is 7.99. The summed E-state index contributed by atoms with van der Waals surface area (Å²) in [6, 6.07) is 15.0. The minimum Gasteiger partial charge on any atom is -0.497 e. The monoisotopic (exact) mass is 403 g/mol. The van der Waals surface area contributed by atoms with Crippen molar-refractivity contribution in [3.8, 4) is 17.2 Å². The first-order valence-corrected chi connectivity index (χ1v) is 9.66. The van der Waals surface area contributed by atoms with Gasteiger partial charge in [0.15, 0.2) is 0 Å². The van der Waals surface area contributed by atoms with E-state index < -0.39 is 0 Å². The lowest BCUT2D eigenvalue weighted by Gasteiger charge is -2.02. The van der Waals surface area contributed by atoms with E-state index in [0.717, 1.165) is 28.4 Å². The van der Waals surface area contributed by atoms with Gasteiger partial charge in [-0.15, -0.1) is 16.9 Å². The van der Waals surface area contributed by atoms with Crippen LogP contribution in [-0.2, 0) is 4.79 Å². The van der Waals surface area contributed by atoms with Crippen molar-refractivity contribution >= 4 is 35.3 Å². The number of amides is 1.